The van der Waals surface area contributed by atoms with Crippen molar-refractivity contribution in [3.63, 3.8) is 0 Å². The normalized spacial score (nSPS) is 9.61. The van der Waals surface area contributed by atoms with E-state index in [1.165, 1.54) is 33.4 Å². The van der Waals surface area contributed by atoms with Gasteiger partial charge >= 0.3 is 27.0 Å². The summed E-state index contributed by atoms with van der Waals surface area (Å²) in [5, 5.41) is 0. The molecule has 0 amide bonds. The molecule has 0 aliphatic heterocycles. The average molecular weight is 508 g/mol. The van der Waals surface area contributed by atoms with Crippen LogP contribution in [0.4, 0.5) is 0 Å². The number of hydrogen-bond donors (Lipinski definition) is 0. The van der Waals surface area contributed by atoms with Crippen molar-refractivity contribution < 1.29 is 22.0 Å². The molecular formula is C24H36ClOPRu. The molecule has 0 aliphatic carbocycles. The van der Waals surface area contributed by atoms with E-state index in [4.69, 9.17) is 0 Å². The SMILES string of the molecule is CO[C-]=Cc1ccccc1.CP(C)C.Cc1c(C)c(C)c(C)c(C)c1C.[Cl][Ru+]. The van der Waals surface area contributed by atoms with Crippen LogP contribution >= 0.6 is 17.6 Å². The van der Waals surface area contributed by atoms with Gasteiger partial charge in [-0.05, 0) is 94.9 Å². The van der Waals surface area contributed by atoms with Crippen molar-refractivity contribution in [2.75, 3.05) is 27.1 Å². The van der Waals surface area contributed by atoms with Gasteiger partial charge in [-0.3, -0.25) is 0 Å². The first-order valence-electron chi connectivity index (χ1n) is 9.08. The van der Waals surface area contributed by atoms with Gasteiger partial charge in [-0.2, -0.15) is 11.6 Å². The molecule has 2 aromatic rings. The van der Waals surface area contributed by atoms with Gasteiger partial charge in [0.25, 0.3) is 0 Å². The van der Waals surface area contributed by atoms with Gasteiger partial charge < -0.3 is 4.74 Å². The molecule has 0 N–H and O–H groups in total. The van der Waals surface area contributed by atoms with Crippen LogP contribution in [0.1, 0.15) is 38.9 Å². The zero-order valence-corrected chi connectivity index (χ0v) is 22.4. The molecule has 1 nitrogen and oxygen atoms in total. The Morgan fingerprint density at radius 2 is 1.04 bits per heavy atom. The Balaban J connectivity index is 0. The monoisotopic (exact) mass is 508 g/mol. The van der Waals surface area contributed by atoms with Crippen LogP contribution in [0.15, 0.2) is 30.3 Å². The maximum atomic E-state index is 4.64. The second kappa shape index (κ2) is 17.2. The predicted octanol–water partition coefficient (Wildman–Crippen LogP) is 7.69. The van der Waals surface area contributed by atoms with E-state index in [2.05, 4.69) is 82.2 Å². The molecule has 0 aromatic heterocycles. The third kappa shape index (κ3) is 12.0. The molecule has 0 heterocycles. The van der Waals surface area contributed by atoms with E-state index in [1.807, 2.05) is 47.6 Å². The maximum absolute atomic E-state index is 4.64. The predicted molar refractivity (Wildman–Crippen MR) is 127 cm³/mol. The number of methoxy groups -OCH3 is 1. The van der Waals surface area contributed by atoms with Crippen molar-refractivity contribution in [3.05, 3.63) is 75.5 Å². The number of hydrogen-bond acceptors (Lipinski definition) is 1. The van der Waals surface area contributed by atoms with Gasteiger partial charge in [0.05, 0.1) is 7.11 Å². The third-order valence-electron chi connectivity index (χ3n) is 4.52. The molecule has 0 spiro atoms. The summed E-state index contributed by atoms with van der Waals surface area (Å²) in [7, 11) is 6.53. The van der Waals surface area contributed by atoms with Crippen LogP contribution in [0.2, 0.25) is 0 Å². The Kier molecular flexibility index (Phi) is 18.1. The summed E-state index contributed by atoms with van der Waals surface area (Å²) in [5.74, 6) is 0. The fourth-order valence-corrected chi connectivity index (χ4v) is 2.36. The molecule has 158 valence electrons. The minimum absolute atomic E-state index is 0.380. The second-order valence-corrected chi connectivity index (χ2v) is 9.65. The Morgan fingerprint density at radius 3 is 1.29 bits per heavy atom. The molecule has 0 saturated carbocycles. The van der Waals surface area contributed by atoms with Crippen LogP contribution in [0, 0.1) is 47.8 Å². The summed E-state index contributed by atoms with van der Waals surface area (Å²) in [6.45, 7) is 20.0. The minimum atomic E-state index is 0.380. The van der Waals surface area contributed by atoms with Gasteiger partial charge in [-0.15, -0.1) is 20.1 Å². The number of benzene rings is 2. The molecule has 4 heteroatoms. The number of halogens is 1. The molecule has 0 atom stereocenters. The van der Waals surface area contributed by atoms with Crippen LogP contribution in [-0.2, 0) is 22.0 Å². The van der Waals surface area contributed by atoms with Crippen molar-refractivity contribution in [2.45, 2.75) is 41.5 Å². The number of rotatable bonds is 2. The van der Waals surface area contributed by atoms with Gasteiger partial charge in [-0.1, -0.05) is 24.5 Å². The molecule has 0 aliphatic rings. The Morgan fingerprint density at radius 1 is 0.750 bits per heavy atom. The van der Waals surface area contributed by atoms with Gasteiger partial charge in [-0.25, -0.2) is 0 Å². The van der Waals surface area contributed by atoms with E-state index in [0.29, 0.717) is 7.92 Å². The number of ether oxygens (including phenoxy) is 1. The Hall–Kier alpha value is -0.677. The van der Waals surface area contributed by atoms with Crippen molar-refractivity contribution >= 4 is 23.7 Å². The first-order chi connectivity index (χ1) is 13.1. The van der Waals surface area contributed by atoms with E-state index in [0.717, 1.165) is 5.56 Å². The summed E-state index contributed by atoms with van der Waals surface area (Å²) < 4.78 is 4.64. The molecule has 2 aromatic carbocycles. The zero-order chi connectivity index (χ0) is 22.3. The summed E-state index contributed by atoms with van der Waals surface area (Å²) in [5.41, 5.74) is 9.83. The quantitative estimate of drug-likeness (QED) is 0.175. The Labute approximate surface area is 189 Å². The zero-order valence-electron chi connectivity index (χ0n) is 19.1. The van der Waals surface area contributed by atoms with E-state index in [1.54, 1.807) is 13.2 Å². The molecule has 28 heavy (non-hydrogen) atoms. The van der Waals surface area contributed by atoms with Crippen LogP contribution < -0.4 is 0 Å². The third-order valence-corrected chi connectivity index (χ3v) is 4.52. The van der Waals surface area contributed by atoms with Crippen molar-refractivity contribution in [2.24, 2.45) is 0 Å². The molecule has 2 rings (SSSR count). The van der Waals surface area contributed by atoms with E-state index >= 15 is 0 Å². The Bertz CT molecular complexity index is 590. The summed E-state index contributed by atoms with van der Waals surface area (Å²) in [6, 6.07) is 9.91. The fraction of sp³-hybridized carbons (Fsp3) is 0.417. The summed E-state index contributed by atoms with van der Waals surface area (Å²) in [4.78, 5) is 0. The molecular weight excluding hydrogens is 472 g/mol. The first kappa shape index (κ1) is 29.5. The van der Waals surface area contributed by atoms with Crippen LogP contribution in [0.25, 0.3) is 6.08 Å². The molecule has 0 radical (unpaired) electrons. The van der Waals surface area contributed by atoms with E-state index in [-0.39, 0.29) is 0 Å². The second-order valence-electron chi connectivity index (χ2n) is 6.97. The van der Waals surface area contributed by atoms with Crippen molar-refractivity contribution in [3.8, 4) is 0 Å². The van der Waals surface area contributed by atoms with Gasteiger partial charge in [0.2, 0.25) is 0 Å². The average Bonchev–Trinajstić information content (AvgIpc) is 2.70. The standard InChI is InChI=1S/C12H18.C9H9O.C3H9P.ClH.Ru/c1-7-8(2)10(4)12(6)11(5)9(7)3;1-10-8-7-9-5-3-2-4-6-9;1-4(2)3;;/h1-6H3;2-7H,1H3;1-3H3;1H;/q;-1;;;+2/p-1. The van der Waals surface area contributed by atoms with Crippen LogP contribution in [0.3, 0.4) is 0 Å². The summed E-state index contributed by atoms with van der Waals surface area (Å²) >= 11 is 1.82. The van der Waals surface area contributed by atoms with Gasteiger partial charge in [0.15, 0.2) is 0 Å². The van der Waals surface area contributed by atoms with Crippen molar-refractivity contribution in [1.82, 2.24) is 0 Å². The van der Waals surface area contributed by atoms with E-state index < -0.39 is 0 Å². The van der Waals surface area contributed by atoms with Crippen LogP contribution in [-0.4, -0.2) is 27.1 Å². The molecule has 0 saturated heterocycles. The van der Waals surface area contributed by atoms with Gasteiger partial charge in [0, 0.05) is 0 Å². The first-order valence-corrected chi connectivity index (χ1v) is 14.0. The molecule has 0 fully saturated rings. The molecule has 0 bridgehead atoms. The van der Waals surface area contributed by atoms with Gasteiger partial charge in [0.1, 0.15) is 0 Å². The fourth-order valence-electron chi connectivity index (χ4n) is 2.36. The van der Waals surface area contributed by atoms with E-state index in [9.17, 15) is 0 Å². The topological polar surface area (TPSA) is 9.23 Å². The van der Waals surface area contributed by atoms with Crippen LogP contribution in [0.5, 0.6) is 0 Å². The summed E-state index contributed by atoms with van der Waals surface area (Å²) in [6.07, 6.45) is 4.43. The van der Waals surface area contributed by atoms with Crippen molar-refractivity contribution in [1.29, 1.82) is 0 Å². The molecule has 0 unspecified atom stereocenters.